The molecule has 0 fully saturated rings. The van der Waals surface area contributed by atoms with E-state index in [-0.39, 0.29) is 5.69 Å². The number of anilines is 1. The second-order valence-electron chi connectivity index (χ2n) is 4.43. The maximum Gasteiger partial charge on any atom is 0.287 e. The monoisotopic (exact) mass is 237 g/mol. The molecule has 0 saturated carbocycles. The molecule has 0 aliphatic carbocycles. The summed E-state index contributed by atoms with van der Waals surface area (Å²) in [5.41, 5.74) is 0.832. The zero-order valence-electron chi connectivity index (χ0n) is 10.7. The van der Waals surface area contributed by atoms with Crippen LogP contribution >= 0.6 is 0 Å². The van der Waals surface area contributed by atoms with Gasteiger partial charge in [-0.3, -0.25) is 10.1 Å². The van der Waals surface area contributed by atoms with E-state index in [1.54, 1.807) is 6.07 Å². The Morgan fingerprint density at radius 3 is 2.65 bits per heavy atom. The molecule has 2 unspecified atom stereocenters. The Hall–Kier alpha value is -1.65. The number of aryl methyl sites for hydroxylation is 1. The van der Waals surface area contributed by atoms with E-state index in [1.807, 2.05) is 6.92 Å². The van der Waals surface area contributed by atoms with Gasteiger partial charge in [0, 0.05) is 12.1 Å². The molecule has 0 amide bonds. The number of nitrogens with one attached hydrogen (secondary N) is 1. The van der Waals surface area contributed by atoms with Crippen LogP contribution in [0.1, 0.15) is 32.8 Å². The van der Waals surface area contributed by atoms with Crippen molar-refractivity contribution in [3.05, 3.63) is 27.9 Å². The summed E-state index contributed by atoms with van der Waals surface area (Å²) >= 11 is 0. The Labute approximate surface area is 101 Å². The fourth-order valence-corrected chi connectivity index (χ4v) is 1.52. The Morgan fingerprint density at radius 1 is 1.53 bits per heavy atom. The maximum absolute atomic E-state index is 10.6. The van der Waals surface area contributed by atoms with Crippen molar-refractivity contribution in [2.24, 2.45) is 5.92 Å². The molecule has 1 aromatic rings. The lowest BCUT2D eigenvalue weighted by molar-refractivity contribution is -0.385. The van der Waals surface area contributed by atoms with Crippen LogP contribution < -0.4 is 5.32 Å². The lowest BCUT2D eigenvalue weighted by Gasteiger charge is -2.21. The predicted octanol–water partition coefficient (Wildman–Crippen LogP) is 3.14. The summed E-state index contributed by atoms with van der Waals surface area (Å²) in [6.07, 6.45) is 2.37. The highest BCUT2D eigenvalue weighted by molar-refractivity contribution is 5.48. The molecule has 94 valence electrons. The van der Waals surface area contributed by atoms with Crippen molar-refractivity contribution in [3.63, 3.8) is 0 Å². The summed E-state index contributed by atoms with van der Waals surface area (Å²) in [6, 6.07) is 1.84. The van der Waals surface area contributed by atoms with E-state index in [2.05, 4.69) is 31.1 Å². The normalized spacial score (nSPS) is 14.1. The standard InChI is InChI=1S/C12H19N3O2/c1-5-8(2)10(4)14-12-9(3)6-11(7-13-12)15(16)17/h6-8,10H,5H2,1-4H3,(H,13,14). The van der Waals surface area contributed by atoms with Crippen molar-refractivity contribution in [1.29, 1.82) is 0 Å². The molecule has 5 nitrogen and oxygen atoms in total. The third-order valence-corrected chi connectivity index (χ3v) is 3.14. The average molecular weight is 237 g/mol. The minimum absolute atomic E-state index is 0.0317. The number of hydrogen-bond donors (Lipinski definition) is 1. The number of nitrogens with zero attached hydrogens (tertiary/aromatic N) is 2. The minimum Gasteiger partial charge on any atom is -0.367 e. The summed E-state index contributed by atoms with van der Waals surface area (Å²) in [4.78, 5) is 14.3. The third kappa shape index (κ3) is 3.41. The topological polar surface area (TPSA) is 68.1 Å². The van der Waals surface area contributed by atoms with Gasteiger partial charge in [0.2, 0.25) is 0 Å². The third-order valence-electron chi connectivity index (χ3n) is 3.14. The molecule has 2 atom stereocenters. The lowest BCUT2D eigenvalue weighted by atomic mass is 10.0. The van der Waals surface area contributed by atoms with Gasteiger partial charge in [-0.1, -0.05) is 20.3 Å². The highest BCUT2D eigenvalue weighted by Crippen LogP contribution is 2.20. The van der Waals surface area contributed by atoms with Crippen molar-refractivity contribution in [1.82, 2.24) is 4.98 Å². The fraction of sp³-hybridized carbons (Fsp3) is 0.583. The van der Waals surface area contributed by atoms with Crippen LogP contribution in [0.3, 0.4) is 0 Å². The molecule has 0 saturated heterocycles. The molecule has 0 radical (unpaired) electrons. The van der Waals surface area contributed by atoms with Gasteiger partial charge in [0.25, 0.3) is 5.69 Å². The van der Waals surface area contributed by atoms with E-state index in [9.17, 15) is 10.1 Å². The van der Waals surface area contributed by atoms with Gasteiger partial charge in [0.05, 0.1) is 4.92 Å². The van der Waals surface area contributed by atoms with Crippen molar-refractivity contribution in [2.75, 3.05) is 5.32 Å². The van der Waals surface area contributed by atoms with E-state index in [0.717, 1.165) is 17.8 Å². The number of aromatic nitrogens is 1. The molecule has 0 aliphatic heterocycles. The molecule has 0 aliphatic rings. The van der Waals surface area contributed by atoms with E-state index in [0.29, 0.717) is 12.0 Å². The van der Waals surface area contributed by atoms with Gasteiger partial charge in [-0.25, -0.2) is 4.98 Å². The van der Waals surface area contributed by atoms with Gasteiger partial charge < -0.3 is 5.32 Å². The van der Waals surface area contributed by atoms with Crippen LogP contribution in [0.2, 0.25) is 0 Å². The number of hydrogen-bond acceptors (Lipinski definition) is 4. The minimum atomic E-state index is -0.429. The molecule has 1 N–H and O–H groups in total. The second-order valence-corrected chi connectivity index (χ2v) is 4.43. The predicted molar refractivity (Wildman–Crippen MR) is 68.2 cm³/mol. The highest BCUT2D eigenvalue weighted by Gasteiger charge is 2.14. The number of pyridine rings is 1. The number of rotatable bonds is 5. The largest absolute Gasteiger partial charge is 0.367 e. The van der Waals surface area contributed by atoms with Gasteiger partial charge in [0.1, 0.15) is 12.0 Å². The summed E-state index contributed by atoms with van der Waals surface area (Å²) in [6.45, 7) is 8.22. The zero-order valence-corrected chi connectivity index (χ0v) is 10.7. The van der Waals surface area contributed by atoms with Crippen molar-refractivity contribution < 1.29 is 4.92 Å². The first-order valence-corrected chi connectivity index (χ1v) is 5.83. The Bertz CT molecular complexity index is 407. The van der Waals surface area contributed by atoms with Gasteiger partial charge in [0.15, 0.2) is 0 Å². The summed E-state index contributed by atoms with van der Waals surface area (Å²) in [7, 11) is 0. The lowest BCUT2D eigenvalue weighted by Crippen LogP contribution is -2.24. The first-order chi connectivity index (χ1) is 7.95. The van der Waals surface area contributed by atoms with Crippen LogP contribution in [-0.4, -0.2) is 15.9 Å². The summed E-state index contributed by atoms with van der Waals surface area (Å²) in [5.74, 6) is 1.26. The smallest absolute Gasteiger partial charge is 0.287 e. The van der Waals surface area contributed by atoms with Crippen LogP contribution in [0.15, 0.2) is 12.3 Å². The molecular weight excluding hydrogens is 218 g/mol. The maximum atomic E-state index is 10.6. The van der Waals surface area contributed by atoms with Crippen LogP contribution in [0, 0.1) is 23.0 Å². The molecular formula is C12H19N3O2. The van der Waals surface area contributed by atoms with Crippen LogP contribution in [0.4, 0.5) is 11.5 Å². The van der Waals surface area contributed by atoms with Gasteiger partial charge in [-0.15, -0.1) is 0 Å². The molecule has 17 heavy (non-hydrogen) atoms. The Kier molecular flexibility index (Phi) is 4.43. The van der Waals surface area contributed by atoms with E-state index in [1.165, 1.54) is 6.20 Å². The summed E-state index contributed by atoms with van der Waals surface area (Å²) in [5, 5.41) is 13.9. The van der Waals surface area contributed by atoms with E-state index in [4.69, 9.17) is 0 Å². The van der Waals surface area contributed by atoms with Crippen LogP contribution in [0.25, 0.3) is 0 Å². The van der Waals surface area contributed by atoms with Crippen molar-refractivity contribution in [3.8, 4) is 0 Å². The van der Waals surface area contributed by atoms with E-state index < -0.39 is 4.92 Å². The Balaban J connectivity index is 2.82. The molecule has 1 aromatic heterocycles. The highest BCUT2D eigenvalue weighted by atomic mass is 16.6. The average Bonchev–Trinajstić information content (AvgIpc) is 2.30. The summed E-state index contributed by atoms with van der Waals surface area (Å²) < 4.78 is 0. The quantitative estimate of drug-likeness (QED) is 0.631. The van der Waals surface area contributed by atoms with Gasteiger partial charge >= 0.3 is 0 Å². The molecule has 0 spiro atoms. The van der Waals surface area contributed by atoms with Gasteiger partial charge in [-0.2, -0.15) is 0 Å². The van der Waals surface area contributed by atoms with Gasteiger partial charge in [-0.05, 0) is 25.3 Å². The molecule has 0 bridgehead atoms. The first-order valence-electron chi connectivity index (χ1n) is 5.83. The van der Waals surface area contributed by atoms with Crippen LogP contribution in [0.5, 0.6) is 0 Å². The second kappa shape index (κ2) is 5.61. The number of nitro groups is 1. The van der Waals surface area contributed by atoms with E-state index >= 15 is 0 Å². The zero-order chi connectivity index (χ0) is 13.0. The molecule has 1 rings (SSSR count). The van der Waals surface area contributed by atoms with Crippen LogP contribution in [-0.2, 0) is 0 Å². The first kappa shape index (κ1) is 13.4. The van der Waals surface area contributed by atoms with Crippen molar-refractivity contribution in [2.45, 2.75) is 40.2 Å². The fourth-order valence-electron chi connectivity index (χ4n) is 1.52. The molecule has 5 heteroatoms. The van der Waals surface area contributed by atoms with Crippen molar-refractivity contribution >= 4 is 11.5 Å². The molecule has 1 heterocycles. The SMILES string of the molecule is CCC(C)C(C)Nc1ncc([N+](=O)[O-])cc1C. The Morgan fingerprint density at radius 2 is 2.18 bits per heavy atom. The molecule has 0 aromatic carbocycles.